The summed E-state index contributed by atoms with van der Waals surface area (Å²) >= 11 is 1.78. The van der Waals surface area contributed by atoms with E-state index < -0.39 is 0 Å². The van der Waals surface area contributed by atoms with Crippen molar-refractivity contribution in [3.8, 4) is 11.3 Å². The summed E-state index contributed by atoms with van der Waals surface area (Å²) in [6, 6.07) is 13.7. The smallest absolute Gasteiger partial charge is 0.151 e. The lowest BCUT2D eigenvalue weighted by Crippen LogP contribution is -2.49. The zero-order chi connectivity index (χ0) is 17.1. The second-order valence-electron chi connectivity index (χ2n) is 8.18. The van der Waals surface area contributed by atoms with Crippen LogP contribution in [0.5, 0.6) is 0 Å². The van der Waals surface area contributed by atoms with Crippen molar-refractivity contribution >= 4 is 27.2 Å². The first-order chi connectivity index (χ1) is 12.8. The van der Waals surface area contributed by atoms with Gasteiger partial charge in [0.1, 0.15) is 0 Å². The Morgan fingerprint density at radius 3 is 2.73 bits per heavy atom. The fourth-order valence-electron chi connectivity index (χ4n) is 5.33. The Bertz CT molecular complexity index is 936. The highest BCUT2D eigenvalue weighted by Gasteiger charge is 2.42. The lowest BCUT2D eigenvalue weighted by molar-refractivity contribution is 0.0980. The van der Waals surface area contributed by atoms with Gasteiger partial charge >= 0.3 is 0 Å². The second kappa shape index (κ2) is 5.76. The number of benzene rings is 1. The molecule has 7 rings (SSSR count). The molecule has 26 heavy (non-hydrogen) atoms. The van der Waals surface area contributed by atoms with E-state index in [1.165, 1.54) is 42.6 Å². The minimum absolute atomic E-state index is 0.614. The van der Waals surface area contributed by atoms with Crippen LogP contribution < -0.4 is 4.90 Å². The van der Waals surface area contributed by atoms with Crippen LogP contribution in [0.15, 0.2) is 41.8 Å². The van der Waals surface area contributed by atoms with Gasteiger partial charge in [-0.1, -0.05) is 6.07 Å². The van der Waals surface area contributed by atoms with Crippen molar-refractivity contribution < 1.29 is 0 Å². The molecule has 6 heterocycles. The van der Waals surface area contributed by atoms with Gasteiger partial charge in [0.15, 0.2) is 5.82 Å². The molecular formula is C21H22N4S. The number of anilines is 1. The van der Waals surface area contributed by atoms with Gasteiger partial charge in [0.2, 0.25) is 0 Å². The van der Waals surface area contributed by atoms with Crippen molar-refractivity contribution in [2.75, 3.05) is 31.1 Å². The third-order valence-electron chi connectivity index (χ3n) is 6.36. The van der Waals surface area contributed by atoms with E-state index in [0.29, 0.717) is 6.04 Å². The number of hydrogen-bond acceptors (Lipinski definition) is 5. The predicted octanol–water partition coefficient (Wildman–Crippen LogP) is 3.89. The van der Waals surface area contributed by atoms with Crippen LogP contribution >= 0.6 is 11.3 Å². The van der Waals surface area contributed by atoms with Crippen molar-refractivity contribution in [1.82, 2.24) is 15.1 Å². The van der Waals surface area contributed by atoms with E-state index in [-0.39, 0.29) is 0 Å². The van der Waals surface area contributed by atoms with E-state index in [1.807, 2.05) is 0 Å². The molecule has 0 amide bonds. The lowest BCUT2D eigenvalue weighted by Gasteiger charge is -2.41. The summed E-state index contributed by atoms with van der Waals surface area (Å²) in [4.78, 5) is 5.22. The summed E-state index contributed by atoms with van der Waals surface area (Å²) in [5.41, 5.74) is 2.11. The quantitative estimate of drug-likeness (QED) is 0.692. The second-order valence-corrected chi connectivity index (χ2v) is 9.13. The van der Waals surface area contributed by atoms with Gasteiger partial charge in [-0.25, -0.2) is 0 Å². The van der Waals surface area contributed by atoms with E-state index in [4.69, 9.17) is 0 Å². The van der Waals surface area contributed by atoms with Crippen molar-refractivity contribution in [2.24, 2.45) is 11.8 Å². The number of piperidine rings is 2. The first kappa shape index (κ1) is 15.1. The van der Waals surface area contributed by atoms with Crippen molar-refractivity contribution in [1.29, 1.82) is 0 Å². The van der Waals surface area contributed by atoms with Crippen LogP contribution in [0.3, 0.4) is 0 Å². The largest absolute Gasteiger partial charge is 0.351 e. The Kier molecular flexibility index (Phi) is 3.35. The van der Waals surface area contributed by atoms with Crippen LogP contribution in [0, 0.1) is 11.8 Å². The van der Waals surface area contributed by atoms with Gasteiger partial charge in [-0.3, -0.25) is 0 Å². The number of fused-ring (bicyclic) bond motifs is 2. The summed E-state index contributed by atoms with van der Waals surface area (Å²) in [5, 5.41) is 12.7. The number of nitrogens with zero attached hydrogens (tertiary/aromatic N) is 4. The van der Waals surface area contributed by atoms with E-state index in [1.54, 1.807) is 11.3 Å². The maximum absolute atomic E-state index is 4.65. The van der Waals surface area contributed by atoms with Crippen LogP contribution in [0.4, 0.5) is 5.82 Å². The summed E-state index contributed by atoms with van der Waals surface area (Å²) in [6.07, 6.45) is 2.72. The van der Waals surface area contributed by atoms with Gasteiger partial charge < -0.3 is 9.80 Å². The highest BCUT2D eigenvalue weighted by atomic mass is 32.1. The molecule has 0 spiro atoms. The van der Waals surface area contributed by atoms with Crippen LogP contribution in [-0.2, 0) is 0 Å². The normalized spacial score (nSPS) is 30.1. The minimum atomic E-state index is 0.614. The molecule has 3 aromatic rings. The van der Waals surface area contributed by atoms with Crippen molar-refractivity contribution in [3.05, 3.63) is 41.8 Å². The molecule has 4 saturated heterocycles. The van der Waals surface area contributed by atoms with Gasteiger partial charge in [-0.2, -0.15) is 0 Å². The SMILES string of the molecule is c1cc2cc(-c3ccc(N4CC5CC6CC4CN(C6)C5)nn3)ccc2s1. The van der Waals surface area contributed by atoms with Crippen LogP contribution in [0.25, 0.3) is 21.3 Å². The molecule has 0 aliphatic carbocycles. The summed E-state index contributed by atoms with van der Waals surface area (Å²) < 4.78 is 1.32. The van der Waals surface area contributed by atoms with Gasteiger partial charge in [0.05, 0.1) is 5.69 Å². The molecule has 4 aliphatic heterocycles. The molecule has 4 nitrogen and oxygen atoms in total. The Hall–Kier alpha value is -1.98. The van der Waals surface area contributed by atoms with E-state index in [9.17, 15) is 0 Å². The zero-order valence-corrected chi connectivity index (χ0v) is 15.5. The summed E-state index contributed by atoms with van der Waals surface area (Å²) in [7, 11) is 0. The highest BCUT2D eigenvalue weighted by molar-refractivity contribution is 7.17. The minimum Gasteiger partial charge on any atom is -0.351 e. The van der Waals surface area contributed by atoms with Gasteiger partial charge in [0.25, 0.3) is 0 Å². The molecule has 1 aromatic carbocycles. The Balaban J connectivity index is 1.31. The molecule has 2 aromatic heterocycles. The molecule has 4 atom stereocenters. The van der Waals surface area contributed by atoms with Crippen LogP contribution in [0.2, 0.25) is 0 Å². The molecule has 4 bridgehead atoms. The van der Waals surface area contributed by atoms with Crippen LogP contribution in [-0.4, -0.2) is 47.3 Å². The molecular weight excluding hydrogens is 340 g/mol. The Morgan fingerprint density at radius 2 is 1.85 bits per heavy atom. The molecule has 4 aliphatic rings. The molecule has 5 heteroatoms. The van der Waals surface area contributed by atoms with Crippen LogP contribution in [0.1, 0.15) is 12.8 Å². The molecule has 4 unspecified atom stereocenters. The maximum Gasteiger partial charge on any atom is 0.151 e. The standard InChI is InChI=1S/C21H22N4S/c1-3-20-17(5-6-26-20)9-16(1)19-2-4-21(23-22-19)25-12-15-7-14-8-18(25)13-24(10-14)11-15/h1-6,9,14-15,18H,7-8,10-13H2. The number of rotatable bonds is 2. The third kappa shape index (κ3) is 2.45. The molecule has 0 saturated carbocycles. The highest BCUT2D eigenvalue weighted by Crippen LogP contribution is 2.38. The fourth-order valence-corrected chi connectivity index (χ4v) is 6.10. The van der Waals surface area contributed by atoms with Crippen molar-refractivity contribution in [3.63, 3.8) is 0 Å². The molecule has 0 N–H and O–H groups in total. The predicted molar refractivity (Wildman–Crippen MR) is 107 cm³/mol. The van der Waals surface area contributed by atoms with Gasteiger partial charge in [0, 0.05) is 42.5 Å². The van der Waals surface area contributed by atoms with Gasteiger partial charge in [-0.05, 0) is 65.8 Å². The number of hydrogen-bond donors (Lipinski definition) is 0. The molecule has 132 valence electrons. The number of thiophene rings is 1. The third-order valence-corrected chi connectivity index (χ3v) is 7.26. The first-order valence-electron chi connectivity index (χ1n) is 9.62. The van der Waals surface area contributed by atoms with Crippen molar-refractivity contribution in [2.45, 2.75) is 18.9 Å². The zero-order valence-electron chi connectivity index (χ0n) is 14.7. The summed E-state index contributed by atoms with van der Waals surface area (Å²) in [6.45, 7) is 4.93. The Labute approximate surface area is 157 Å². The average Bonchev–Trinajstić information content (AvgIpc) is 3.04. The maximum atomic E-state index is 4.65. The topological polar surface area (TPSA) is 32.3 Å². The molecule has 0 radical (unpaired) electrons. The number of aromatic nitrogens is 2. The summed E-state index contributed by atoms with van der Waals surface area (Å²) in [5.74, 6) is 2.75. The lowest BCUT2D eigenvalue weighted by atomic mass is 9.84. The van der Waals surface area contributed by atoms with E-state index >= 15 is 0 Å². The van der Waals surface area contributed by atoms with E-state index in [2.05, 4.69) is 61.8 Å². The first-order valence-corrected chi connectivity index (χ1v) is 10.5. The van der Waals surface area contributed by atoms with Gasteiger partial charge in [-0.15, -0.1) is 21.5 Å². The molecule has 4 fully saturated rings. The average molecular weight is 363 g/mol. The monoisotopic (exact) mass is 362 g/mol. The van der Waals surface area contributed by atoms with E-state index in [0.717, 1.165) is 35.5 Å². The fraction of sp³-hybridized carbons (Fsp3) is 0.429. The Morgan fingerprint density at radius 1 is 0.885 bits per heavy atom.